The summed E-state index contributed by atoms with van der Waals surface area (Å²) in [5, 5.41) is 0. The minimum Gasteiger partial charge on any atom is -0.361 e. The van der Waals surface area contributed by atoms with Gasteiger partial charge >= 0.3 is 0 Å². The Morgan fingerprint density at radius 3 is 2.00 bits per heavy atom. The molecule has 0 fully saturated rings. The van der Waals surface area contributed by atoms with Crippen LogP contribution in [0.1, 0.15) is 0 Å². The van der Waals surface area contributed by atoms with Gasteiger partial charge in [-0.05, 0) is 29.3 Å². The summed E-state index contributed by atoms with van der Waals surface area (Å²) in [6.45, 7) is 0. The van der Waals surface area contributed by atoms with Gasteiger partial charge in [0, 0.05) is 21.9 Å². The molecule has 3 aromatic rings. The topological polar surface area (TPSA) is 15.8 Å². The van der Waals surface area contributed by atoms with Crippen LogP contribution in [-0.2, 0) is 0 Å². The van der Waals surface area contributed by atoms with E-state index in [1.165, 1.54) is 16.7 Å². The number of H-pyrrole nitrogens is 1. The van der Waals surface area contributed by atoms with E-state index in [9.17, 15) is 0 Å². The van der Waals surface area contributed by atoms with Crippen molar-refractivity contribution in [2.75, 3.05) is 0 Å². The van der Waals surface area contributed by atoms with E-state index in [0.29, 0.717) is 0 Å². The van der Waals surface area contributed by atoms with Crippen molar-refractivity contribution < 1.29 is 0 Å². The van der Waals surface area contributed by atoms with Gasteiger partial charge in [0.2, 0.25) is 0 Å². The van der Waals surface area contributed by atoms with Gasteiger partial charge in [0.15, 0.2) is 0 Å². The molecule has 1 nitrogen and oxygen atoms in total. The normalized spacial score (nSPS) is 10.5. The summed E-state index contributed by atoms with van der Waals surface area (Å²) >= 11 is 3.62. The first kappa shape index (κ1) is 11.3. The number of hydrogen-bond acceptors (Lipinski definition) is 0. The molecule has 0 spiro atoms. The number of hydrogen-bond donors (Lipinski definition) is 1. The Bertz CT molecular complexity index is 656. The minimum absolute atomic E-state index is 1.11. The fraction of sp³-hybridized carbons (Fsp3) is 0. The molecule has 0 saturated heterocycles. The number of rotatable bonds is 2. The molecule has 0 unspecified atom stereocenters. The Morgan fingerprint density at radius 1 is 0.667 bits per heavy atom. The van der Waals surface area contributed by atoms with Gasteiger partial charge in [-0.25, -0.2) is 0 Å². The largest absolute Gasteiger partial charge is 0.361 e. The monoisotopic (exact) mass is 297 g/mol. The molecule has 2 aromatic carbocycles. The molecular weight excluding hydrogens is 286 g/mol. The van der Waals surface area contributed by atoms with E-state index in [-0.39, 0.29) is 0 Å². The molecule has 3 rings (SSSR count). The maximum atomic E-state index is 3.62. The molecule has 88 valence electrons. The van der Waals surface area contributed by atoms with Crippen molar-refractivity contribution in [2.45, 2.75) is 0 Å². The Hall–Kier alpha value is -1.80. The third-order valence-electron chi connectivity index (χ3n) is 2.98. The Labute approximate surface area is 115 Å². The second kappa shape index (κ2) is 4.83. The zero-order chi connectivity index (χ0) is 12.4. The minimum atomic E-state index is 1.11. The van der Waals surface area contributed by atoms with E-state index in [0.717, 1.165) is 10.2 Å². The van der Waals surface area contributed by atoms with E-state index in [2.05, 4.69) is 69.4 Å². The zero-order valence-corrected chi connectivity index (χ0v) is 11.3. The Morgan fingerprint density at radius 2 is 1.33 bits per heavy atom. The highest BCUT2D eigenvalue weighted by Crippen LogP contribution is 2.35. The summed E-state index contributed by atoms with van der Waals surface area (Å²) in [4.78, 5) is 3.27. The average molecular weight is 298 g/mol. The van der Waals surface area contributed by atoms with Gasteiger partial charge in [-0.3, -0.25) is 0 Å². The molecule has 0 atom stereocenters. The van der Waals surface area contributed by atoms with E-state index >= 15 is 0 Å². The van der Waals surface area contributed by atoms with Crippen LogP contribution in [0.3, 0.4) is 0 Å². The first-order valence-electron chi connectivity index (χ1n) is 5.84. The molecule has 0 bridgehead atoms. The fourth-order valence-electron chi connectivity index (χ4n) is 2.13. The number of halogens is 1. The second-order valence-electron chi connectivity index (χ2n) is 4.11. The van der Waals surface area contributed by atoms with Crippen LogP contribution in [0.15, 0.2) is 71.3 Å². The maximum absolute atomic E-state index is 3.62. The van der Waals surface area contributed by atoms with Crippen LogP contribution in [0.25, 0.3) is 22.4 Å². The van der Waals surface area contributed by atoms with Crippen molar-refractivity contribution in [3.63, 3.8) is 0 Å². The van der Waals surface area contributed by atoms with Gasteiger partial charge in [-0.2, -0.15) is 0 Å². The summed E-state index contributed by atoms with van der Waals surface area (Å²) in [7, 11) is 0. The van der Waals surface area contributed by atoms with E-state index in [1.54, 1.807) is 0 Å². The zero-order valence-electron chi connectivity index (χ0n) is 9.73. The lowest BCUT2D eigenvalue weighted by Gasteiger charge is -2.10. The lowest BCUT2D eigenvalue weighted by atomic mass is 9.98. The highest BCUT2D eigenvalue weighted by Gasteiger charge is 2.09. The first-order valence-corrected chi connectivity index (χ1v) is 6.63. The summed E-state index contributed by atoms with van der Waals surface area (Å²) in [5.74, 6) is 0. The van der Waals surface area contributed by atoms with Crippen LogP contribution in [-0.4, -0.2) is 4.98 Å². The summed E-state index contributed by atoms with van der Waals surface area (Å²) in [5.41, 5.74) is 4.80. The fourth-order valence-corrected chi connectivity index (χ4v) is 2.63. The van der Waals surface area contributed by atoms with Crippen molar-refractivity contribution in [1.82, 2.24) is 4.98 Å². The van der Waals surface area contributed by atoms with Crippen LogP contribution in [0.2, 0.25) is 0 Å². The van der Waals surface area contributed by atoms with Crippen molar-refractivity contribution in [2.24, 2.45) is 0 Å². The number of benzene rings is 2. The summed E-state index contributed by atoms with van der Waals surface area (Å²) in [6.07, 6.45) is 1.95. The third-order valence-corrected chi connectivity index (χ3v) is 3.67. The van der Waals surface area contributed by atoms with Crippen molar-refractivity contribution in [3.8, 4) is 22.4 Å². The molecule has 1 N–H and O–H groups in total. The number of nitrogens with one attached hydrogen (secondary N) is 1. The van der Waals surface area contributed by atoms with Gasteiger partial charge < -0.3 is 4.98 Å². The second-order valence-corrected chi connectivity index (χ2v) is 4.96. The van der Waals surface area contributed by atoms with Crippen LogP contribution in [0.5, 0.6) is 0 Å². The van der Waals surface area contributed by atoms with Gasteiger partial charge in [0.05, 0.1) is 0 Å². The van der Waals surface area contributed by atoms with Gasteiger partial charge in [-0.15, -0.1) is 0 Å². The van der Waals surface area contributed by atoms with Gasteiger partial charge in [0.25, 0.3) is 0 Å². The molecule has 0 aliphatic carbocycles. The quantitative estimate of drug-likeness (QED) is 0.676. The lowest BCUT2D eigenvalue weighted by Crippen LogP contribution is -1.85. The number of aromatic nitrogens is 1. The first-order chi connectivity index (χ1) is 8.86. The molecule has 0 saturated carbocycles. The van der Waals surface area contributed by atoms with E-state index < -0.39 is 0 Å². The molecule has 1 aromatic heterocycles. The van der Waals surface area contributed by atoms with Crippen molar-refractivity contribution >= 4 is 15.9 Å². The van der Waals surface area contributed by atoms with Crippen molar-refractivity contribution in [1.29, 1.82) is 0 Å². The third kappa shape index (κ3) is 2.00. The number of aromatic amines is 1. The maximum Gasteiger partial charge on any atom is 0.0460 e. The molecule has 18 heavy (non-hydrogen) atoms. The molecular formula is C16H12BrN. The lowest BCUT2D eigenvalue weighted by molar-refractivity contribution is 1.40. The standard InChI is InChI=1S/C16H12BrN/c17-15-9-4-3-7-13(15)12-6-1-2-8-14(12)16-10-5-11-18-16/h1-11,18H. The highest BCUT2D eigenvalue weighted by molar-refractivity contribution is 9.10. The predicted octanol–water partition coefficient (Wildman–Crippen LogP) is 5.11. The summed E-state index contributed by atoms with van der Waals surface area (Å²) in [6, 6.07) is 20.8. The Kier molecular flexibility index (Phi) is 3.03. The smallest absolute Gasteiger partial charge is 0.0460 e. The predicted molar refractivity (Wildman–Crippen MR) is 79.4 cm³/mol. The molecule has 2 heteroatoms. The van der Waals surface area contributed by atoms with E-state index in [4.69, 9.17) is 0 Å². The van der Waals surface area contributed by atoms with Crippen LogP contribution >= 0.6 is 15.9 Å². The van der Waals surface area contributed by atoms with Crippen LogP contribution in [0.4, 0.5) is 0 Å². The summed E-state index contributed by atoms with van der Waals surface area (Å²) < 4.78 is 1.11. The molecule has 0 radical (unpaired) electrons. The molecule has 0 aliphatic heterocycles. The van der Waals surface area contributed by atoms with Gasteiger partial charge in [-0.1, -0.05) is 58.4 Å². The van der Waals surface area contributed by atoms with E-state index in [1.807, 2.05) is 18.3 Å². The highest BCUT2D eigenvalue weighted by atomic mass is 79.9. The van der Waals surface area contributed by atoms with Gasteiger partial charge in [0.1, 0.15) is 0 Å². The molecule has 0 aliphatic rings. The van der Waals surface area contributed by atoms with Crippen LogP contribution in [0, 0.1) is 0 Å². The van der Waals surface area contributed by atoms with Crippen molar-refractivity contribution in [3.05, 3.63) is 71.3 Å². The molecule has 0 amide bonds. The Balaban J connectivity index is 2.22. The SMILES string of the molecule is Brc1ccccc1-c1ccccc1-c1ccc[nH]1. The van der Waals surface area contributed by atoms with Crippen LogP contribution < -0.4 is 0 Å². The average Bonchev–Trinajstić information content (AvgIpc) is 2.93. The molecule has 1 heterocycles.